The van der Waals surface area contributed by atoms with Crippen LogP contribution in [0.25, 0.3) is 11.3 Å². The van der Waals surface area contributed by atoms with Crippen molar-refractivity contribution < 1.29 is 13.9 Å². The Bertz CT molecular complexity index is 1310. The number of nitrogens with zero attached hydrogens (tertiary/aromatic N) is 3. The van der Waals surface area contributed by atoms with Crippen molar-refractivity contribution in [3.63, 3.8) is 0 Å². The van der Waals surface area contributed by atoms with E-state index in [-0.39, 0.29) is 18.1 Å². The normalized spacial score (nSPS) is 13.3. The van der Waals surface area contributed by atoms with Crippen LogP contribution in [0.4, 0.5) is 27.4 Å². The van der Waals surface area contributed by atoms with Crippen LogP contribution in [0.2, 0.25) is 0 Å². The number of ether oxygens (including phenoxy) is 1. The van der Waals surface area contributed by atoms with Crippen LogP contribution >= 0.6 is 0 Å². The van der Waals surface area contributed by atoms with Crippen LogP contribution < -0.4 is 15.5 Å². The maximum Gasteiger partial charge on any atom is 0.228 e. The van der Waals surface area contributed by atoms with Crippen molar-refractivity contribution in [3.05, 3.63) is 96.4 Å². The van der Waals surface area contributed by atoms with Crippen LogP contribution in [0.3, 0.4) is 0 Å². The van der Waals surface area contributed by atoms with Gasteiger partial charge in [0.15, 0.2) is 0 Å². The van der Waals surface area contributed by atoms with Crippen molar-refractivity contribution in [2.45, 2.75) is 6.42 Å². The summed E-state index contributed by atoms with van der Waals surface area (Å²) in [6, 6.07) is 23.4. The molecule has 0 saturated carbocycles. The number of anilines is 4. The minimum Gasteiger partial charge on any atom is -0.378 e. The first kappa shape index (κ1) is 23.4. The molecule has 36 heavy (non-hydrogen) atoms. The van der Waals surface area contributed by atoms with Crippen molar-refractivity contribution >= 4 is 28.9 Å². The molecule has 0 radical (unpaired) electrons. The Morgan fingerprint density at radius 2 is 1.58 bits per heavy atom. The van der Waals surface area contributed by atoms with Crippen LogP contribution in [0.1, 0.15) is 5.56 Å². The highest BCUT2D eigenvalue weighted by molar-refractivity contribution is 5.92. The van der Waals surface area contributed by atoms with E-state index in [1.807, 2.05) is 42.5 Å². The average Bonchev–Trinajstić information content (AvgIpc) is 2.91. The fourth-order valence-electron chi connectivity index (χ4n) is 4.00. The van der Waals surface area contributed by atoms with Crippen molar-refractivity contribution in [2.24, 2.45) is 0 Å². The Morgan fingerprint density at radius 1 is 0.889 bits per heavy atom. The first-order chi connectivity index (χ1) is 17.6. The zero-order chi connectivity index (χ0) is 24.7. The molecule has 0 atom stereocenters. The first-order valence-corrected chi connectivity index (χ1v) is 11.8. The van der Waals surface area contributed by atoms with E-state index in [2.05, 4.69) is 37.6 Å². The van der Waals surface area contributed by atoms with Gasteiger partial charge >= 0.3 is 0 Å². The fraction of sp³-hybridized carbons (Fsp3) is 0.179. The molecule has 7 nitrogen and oxygen atoms in total. The second-order valence-corrected chi connectivity index (χ2v) is 8.47. The molecule has 0 bridgehead atoms. The lowest BCUT2D eigenvalue weighted by atomic mass is 10.1. The quantitative estimate of drug-likeness (QED) is 0.383. The second kappa shape index (κ2) is 11.0. The van der Waals surface area contributed by atoms with E-state index in [9.17, 15) is 9.18 Å². The molecule has 1 amide bonds. The SMILES string of the molecule is O=C(Cc1ccc(F)cc1)Nc1ccc(-c2ccnc(Nc3ccc(N4CCOCC4)cc3)n2)cc1. The summed E-state index contributed by atoms with van der Waals surface area (Å²) in [7, 11) is 0. The van der Waals surface area contributed by atoms with Gasteiger partial charge < -0.3 is 20.3 Å². The lowest BCUT2D eigenvalue weighted by Gasteiger charge is -2.28. The second-order valence-electron chi connectivity index (χ2n) is 8.47. The summed E-state index contributed by atoms with van der Waals surface area (Å²) in [6.45, 7) is 3.30. The van der Waals surface area contributed by atoms with E-state index < -0.39 is 0 Å². The summed E-state index contributed by atoms with van der Waals surface area (Å²) >= 11 is 0. The van der Waals surface area contributed by atoms with Gasteiger partial charge in [-0.2, -0.15) is 0 Å². The highest BCUT2D eigenvalue weighted by atomic mass is 19.1. The lowest BCUT2D eigenvalue weighted by Crippen LogP contribution is -2.36. The third-order valence-corrected chi connectivity index (χ3v) is 5.90. The maximum absolute atomic E-state index is 13.0. The molecule has 1 fully saturated rings. The Balaban J connectivity index is 1.20. The summed E-state index contributed by atoms with van der Waals surface area (Å²) in [6.07, 6.45) is 1.89. The first-order valence-electron chi connectivity index (χ1n) is 11.8. The fourth-order valence-corrected chi connectivity index (χ4v) is 4.00. The van der Waals surface area contributed by atoms with Gasteiger partial charge in [0, 0.05) is 41.9 Å². The number of hydrogen-bond donors (Lipinski definition) is 2. The summed E-state index contributed by atoms with van der Waals surface area (Å²) < 4.78 is 18.5. The zero-order valence-corrected chi connectivity index (χ0v) is 19.7. The van der Waals surface area contributed by atoms with Gasteiger partial charge in [-0.25, -0.2) is 14.4 Å². The zero-order valence-electron chi connectivity index (χ0n) is 19.7. The van der Waals surface area contributed by atoms with E-state index >= 15 is 0 Å². The van der Waals surface area contributed by atoms with Crippen LogP contribution in [0, 0.1) is 5.82 Å². The van der Waals surface area contributed by atoms with E-state index in [1.54, 1.807) is 18.3 Å². The van der Waals surface area contributed by atoms with Gasteiger partial charge in [0.25, 0.3) is 0 Å². The van der Waals surface area contributed by atoms with Crippen molar-refractivity contribution in [1.29, 1.82) is 0 Å². The molecule has 0 unspecified atom stereocenters. The molecule has 0 aliphatic carbocycles. The van der Waals surface area contributed by atoms with Gasteiger partial charge in [-0.1, -0.05) is 24.3 Å². The predicted molar refractivity (Wildman–Crippen MR) is 139 cm³/mol. The minimum absolute atomic E-state index is 0.164. The van der Waals surface area contributed by atoms with Crippen molar-refractivity contribution in [3.8, 4) is 11.3 Å². The monoisotopic (exact) mass is 483 g/mol. The molecular weight excluding hydrogens is 457 g/mol. The Morgan fingerprint density at radius 3 is 2.31 bits per heavy atom. The van der Waals surface area contributed by atoms with Gasteiger partial charge in [-0.15, -0.1) is 0 Å². The molecule has 3 aromatic carbocycles. The summed E-state index contributed by atoms with van der Waals surface area (Å²) in [5.74, 6) is 0.0188. The van der Waals surface area contributed by atoms with Crippen LogP contribution in [-0.4, -0.2) is 42.2 Å². The summed E-state index contributed by atoms with van der Waals surface area (Å²) in [5, 5.41) is 6.13. The number of nitrogens with one attached hydrogen (secondary N) is 2. The molecular formula is C28H26FN5O2. The van der Waals surface area contributed by atoms with Crippen molar-refractivity contribution in [1.82, 2.24) is 9.97 Å². The number of benzene rings is 3. The smallest absolute Gasteiger partial charge is 0.228 e. The number of amides is 1. The molecule has 4 aromatic rings. The highest BCUT2D eigenvalue weighted by Crippen LogP contribution is 2.23. The Hall–Kier alpha value is -4.30. The third-order valence-electron chi connectivity index (χ3n) is 5.90. The Labute approximate surface area is 209 Å². The average molecular weight is 484 g/mol. The molecule has 5 rings (SSSR count). The largest absolute Gasteiger partial charge is 0.378 e. The molecule has 2 N–H and O–H groups in total. The lowest BCUT2D eigenvalue weighted by molar-refractivity contribution is -0.115. The number of halogens is 1. The van der Waals surface area contributed by atoms with Crippen LogP contribution in [-0.2, 0) is 16.0 Å². The number of carbonyl (C=O) groups excluding carboxylic acids is 1. The van der Waals surface area contributed by atoms with Crippen LogP contribution in [0.5, 0.6) is 0 Å². The number of hydrogen-bond acceptors (Lipinski definition) is 6. The maximum atomic E-state index is 13.0. The van der Waals surface area contributed by atoms with Crippen molar-refractivity contribution in [2.75, 3.05) is 41.8 Å². The molecule has 2 heterocycles. The topological polar surface area (TPSA) is 79.4 Å². The highest BCUT2D eigenvalue weighted by Gasteiger charge is 2.11. The molecule has 1 aliphatic heterocycles. The van der Waals surface area contributed by atoms with Gasteiger partial charge in [0.05, 0.1) is 25.3 Å². The standard InChI is InChI=1S/C28H26FN5O2/c29-22-5-1-20(2-6-22)19-27(35)31-23-7-3-21(4-8-23)26-13-14-30-28(33-26)32-24-9-11-25(12-10-24)34-15-17-36-18-16-34/h1-14H,15-19H2,(H,31,35)(H,30,32,33). The summed E-state index contributed by atoms with van der Waals surface area (Å²) in [4.78, 5) is 23.6. The third kappa shape index (κ3) is 6.03. The van der Waals surface area contributed by atoms with Gasteiger partial charge in [0.1, 0.15) is 5.82 Å². The number of rotatable bonds is 7. The minimum atomic E-state index is -0.320. The number of morpholine rings is 1. The van der Waals surface area contributed by atoms with Gasteiger partial charge in [0.2, 0.25) is 11.9 Å². The van der Waals surface area contributed by atoms with E-state index in [0.29, 0.717) is 11.6 Å². The molecule has 8 heteroatoms. The van der Waals surface area contributed by atoms with Crippen LogP contribution in [0.15, 0.2) is 85.1 Å². The van der Waals surface area contributed by atoms with E-state index in [4.69, 9.17) is 4.74 Å². The molecule has 0 spiro atoms. The predicted octanol–water partition coefficient (Wildman–Crippen LogP) is 5.04. The molecule has 182 valence electrons. The van der Waals surface area contributed by atoms with Gasteiger partial charge in [-0.3, -0.25) is 4.79 Å². The number of aromatic nitrogens is 2. The molecule has 1 aromatic heterocycles. The van der Waals surface area contributed by atoms with Gasteiger partial charge in [-0.05, 0) is 60.2 Å². The van der Waals surface area contributed by atoms with E-state index in [1.165, 1.54) is 17.8 Å². The van der Waals surface area contributed by atoms with E-state index in [0.717, 1.165) is 48.8 Å². The Kier molecular flexibility index (Phi) is 7.14. The molecule has 1 saturated heterocycles. The molecule has 1 aliphatic rings. The summed E-state index contributed by atoms with van der Waals surface area (Å²) in [5.41, 5.74) is 5.17. The number of carbonyl (C=O) groups is 1.